The van der Waals surface area contributed by atoms with Crippen LogP contribution in [0.5, 0.6) is 0 Å². The van der Waals surface area contributed by atoms with Gasteiger partial charge in [0.05, 0.1) is 12.7 Å². The monoisotopic (exact) mass is 218 g/mol. The molecule has 0 bridgehead atoms. The van der Waals surface area contributed by atoms with Crippen LogP contribution in [0.1, 0.15) is 14.3 Å². The molecule has 0 amide bonds. The molecule has 10 heavy (non-hydrogen) atoms. The summed E-state index contributed by atoms with van der Waals surface area (Å²) in [5.41, 5.74) is 0. The minimum absolute atomic E-state index is 0. The maximum Gasteiger partial charge on any atom is 2.00 e. The van der Waals surface area contributed by atoms with Gasteiger partial charge in [-0.2, -0.15) is 6.42 Å². The van der Waals surface area contributed by atoms with Gasteiger partial charge in [-0.1, -0.05) is 6.42 Å². The topological polar surface area (TPSA) is 18.5 Å². The third kappa shape index (κ3) is 4.13. The van der Waals surface area contributed by atoms with Gasteiger partial charge in [0.25, 0.3) is 0 Å². The zero-order valence-electron chi connectivity index (χ0n) is 6.88. The van der Waals surface area contributed by atoms with Crippen molar-refractivity contribution < 1.29 is 10.9 Å². The molecule has 0 aromatic heterocycles. The molecule has 0 N–H and O–H groups in total. The Morgan fingerprint density at radius 3 is 3.00 bits per heavy atom. The van der Waals surface area contributed by atoms with Crippen LogP contribution in [0.4, 0.5) is 0 Å². The first-order chi connectivity index (χ1) is 4.43. The van der Waals surface area contributed by atoms with E-state index in [9.17, 15) is 0 Å². The van der Waals surface area contributed by atoms with Crippen molar-refractivity contribution in [2.45, 2.75) is 18.9 Å². The second-order valence-electron chi connectivity index (χ2n) is 2.01. The van der Waals surface area contributed by atoms with Gasteiger partial charge in [0.1, 0.15) is 6.79 Å². The molecule has 1 saturated heterocycles. The fraction of sp³-hybridized carbons (Fsp3) is 0.833. The Hall–Kier alpha value is 1.17. The van der Waals surface area contributed by atoms with Gasteiger partial charge in [-0.3, -0.25) is 5.33 Å². The molecule has 2 nitrogen and oxygen atoms in total. The molecular weight excluding hydrogens is 208 g/mol. The van der Waals surface area contributed by atoms with Gasteiger partial charge >= 0.3 is 23.1 Å². The molecule has 0 aromatic rings. The van der Waals surface area contributed by atoms with Crippen LogP contribution in [0.3, 0.4) is 0 Å². The van der Waals surface area contributed by atoms with E-state index >= 15 is 0 Å². The zero-order valence-corrected chi connectivity index (χ0v) is 8.88. The van der Waals surface area contributed by atoms with Crippen LogP contribution >= 0.6 is 15.9 Å². The molecule has 1 heterocycles. The molecule has 0 aliphatic carbocycles. The Labute approximate surface area is 87.4 Å². The molecule has 1 aliphatic heterocycles. The Morgan fingerprint density at radius 1 is 1.70 bits per heavy atom. The maximum atomic E-state index is 5.19. The van der Waals surface area contributed by atoms with Gasteiger partial charge in [0, 0.05) is 0 Å². The minimum atomic E-state index is 0. The van der Waals surface area contributed by atoms with E-state index in [1.165, 1.54) is 0 Å². The number of halogens is 1. The van der Waals surface area contributed by atoms with Crippen molar-refractivity contribution in [3.8, 4) is 0 Å². The summed E-state index contributed by atoms with van der Waals surface area (Å²) in [4.78, 5) is 0. The summed E-state index contributed by atoms with van der Waals surface area (Å²) >= 11 is 3.24. The average Bonchev–Trinajstić information content (AvgIpc) is 2.34. The van der Waals surface area contributed by atoms with Gasteiger partial charge in [-0.25, -0.2) is 0 Å². The van der Waals surface area contributed by atoms with Crippen molar-refractivity contribution in [1.82, 2.24) is 0 Å². The molecule has 1 aliphatic rings. The normalized spacial score (nSPS) is 24.3. The Morgan fingerprint density at radius 2 is 2.50 bits per heavy atom. The van der Waals surface area contributed by atoms with Crippen LogP contribution in [0.15, 0.2) is 0 Å². The fourth-order valence-electron chi connectivity index (χ4n) is 0.788. The van der Waals surface area contributed by atoms with E-state index in [2.05, 4.69) is 15.9 Å². The van der Waals surface area contributed by atoms with Gasteiger partial charge < -0.3 is 26.8 Å². The van der Waals surface area contributed by atoms with Crippen LogP contribution in [0.2, 0.25) is 0 Å². The van der Waals surface area contributed by atoms with Gasteiger partial charge in [-0.05, 0) is 0 Å². The van der Waals surface area contributed by atoms with Crippen LogP contribution in [-0.4, -0.2) is 42.6 Å². The predicted molar refractivity (Wildman–Crippen MR) is 45.0 cm³/mol. The van der Waals surface area contributed by atoms with Crippen LogP contribution in [0, 0.1) is 5.33 Å². The van der Waals surface area contributed by atoms with Gasteiger partial charge in [-0.15, -0.1) is 0 Å². The Kier molecular flexibility index (Phi) is 7.65. The first kappa shape index (κ1) is 11.2. The molecule has 0 spiro atoms. The number of hydrogen-bond donors (Lipinski definition) is 0. The largest absolute Gasteiger partial charge is 2.00 e. The van der Waals surface area contributed by atoms with Crippen molar-refractivity contribution in [2.24, 2.45) is 0 Å². The third-order valence-corrected chi connectivity index (χ3v) is 1.75. The van der Waals surface area contributed by atoms with E-state index in [-0.39, 0.29) is 24.5 Å². The molecule has 0 radical (unpaired) electrons. The summed E-state index contributed by atoms with van der Waals surface area (Å²) in [5, 5.41) is 1.97. The Balaban J connectivity index is 0. The third-order valence-electron chi connectivity index (χ3n) is 1.29. The van der Waals surface area contributed by atoms with Crippen LogP contribution < -0.4 is 0 Å². The molecule has 4 heteroatoms. The zero-order chi connectivity index (χ0) is 6.53. The van der Waals surface area contributed by atoms with Crippen molar-refractivity contribution >= 4 is 39.0 Å². The van der Waals surface area contributed by atoms with Crippen molar-refractivity contribution in [3.63, 3.8) is 0 Å². The van der Waals surface area contributed by atoms with Gasteiger partial charge in [0.15, 0.2) is 0 Å². The van der Waals surface area contributed by atoms with Crippen molar-refractivity contribution in [2.75, 3.05) is 13.4 Å². The van der Waals surface area contributed by atoms with Crippen molar-refractivity contribution in [1.29, 1.82) is 0 Å². The standard InChI is InChI=1S/C6H10BrO2.Mg.H/c7-3-1-2-6-4-8-5-9-6;;/h3,6H,1-2,4-5H2;;/q-1;+2;-1. The van der Waals surface area contributed by atoms with E-state index in [0.29, 0.717) is 12.9 Å². The van der Waals surface area contributed by atoms with Crippen LogP contribution in [-0.2, 0) is 9.47 Å². The van der Waals surface area contributed by atoms with E-state index in [1.807, 2.05) is 5.33 Å². The fourth-order valence-corrected chi connectivity index (χ4v) is 1.05. The van der Waals surface area contributed by atoms with E-state index in [4.69, 9.17) is 9.47 Å². The summed E-state index contributed by atoms with van der Waals surface area (Å²) in [7, 11) is 0. The molecule has 1 rings (SSSR count). The molecular formula is C6H11BrMgO2. The molecule has 0 saturated carbocycles. The molecule has 1 unspecified atom stereocenters. The summed E-state index contributed by atoms with van der Waals surface area (Å²) in [6.07, 6.45) is 2.44. The van der Waals surface area contributed by atoms with Crippen LogP contribution in [0.25, 0.3) is 0 Å². The summed E-state index contributed by atoms with van der Waals surface area (Å²) in [6, 6.07) is 0. The average molecular weight is 219 g/mol. The second kappa shape index (κ2) is 6.85. The molecule has 1 fully saturated rings. The number of hydrogen-bond acceptors (Lipinski definition) is 2. The minimum Gasteiger partial charge on any atom is -1.00 e. The first-order valence-corrected chi connectivity index (χ1v) is 3.96. The Bertz CT molecular complexity index is 81.0. The van der Waals surface area contributed by atoms with Gasteiger partial charge in [0.2, 0.25) is 0 Å². The quantitative estimate of drug-likeness (QED) is 0.528. The van der Waals surface area contributed by atoms with E-state index < -0.39 is 0 Å². The smallest absolute Gasteiger partial charge is 1.00 e. The van der Waals surface area contributed by atoms with E-state index in [1.54, 1.807) is 0 Å². The summed E-state index contributed by atoms with van der Waals surface area (Å²) in [6.45, 7) is 1.24. The first-order valence-electron chi connectivity index (χ1n) is 3.04. The SMILES string of the molecule is Br[CH-]CCC1COCO1.[H-].[Mg+2]. The molecule has 56 valence electrons. The molecule has 1 atom stereocenters. The van der Waals surface area contributed by atoms with Crippen molar-refractivity contribution in [3.05, 3.63) is 5.33 Å². The number of ether oxygens (including phenoxy) is 2. The predicted octanol–water partition coefficient (Wildman–Crippen LogP) is 1.43. The number of rotatable bonds is 3. The summed E-state index contributed by atoms with van der Waals surface area (Å²) < 4.78 is 10.2. The summed E-state index contributed by atoms with van der Waals surface area (Å²) in [5.74, 6) is 0. The van der Waals surface area contributed by atoms with E-state index in [0.717, 1.165) is 19.4 Å². The maximum absolute atomic E-state index is 5.19. The second-order valence-corrected chi connectivity index (χ2v) is 2.66. The molecule has 0 aromatic carbocycles.